The number of hydrogen-bond donors (Lipinski definition) is 2. The first kappa shape index (κ1) is 13.4. The Morgan fingerprint density at radius 3 is 2.37 bits per heavy atom. The predicted octanol–water partition coefficient (Wildman–Crippen LogP) is 3.89. The summed E-state index contributed by atoms with van der Waals surface area (Å²) in [6.45, 7) is 4.55. The molecule has 0 saturated heterocycles. The molecule has 3 N–H and O–H groups in total. The lowest BCUT2D eigenvalue weighted by Crippen LogP contribution is -2.03. The zero-order valence-corrected chi connectivity index (χ0v) is 11.3. The maximum atomic E-state index is 13.3. The number of nitrogen functional groups attached to an aromatic ring is 1. The molecule has 2 rings (SSSR count). The van der Waals surface area contributed by atoms with Gasteiger partial charge in [-0.25, -0.2) is 4.39 Å². The molecule has 0 aliphatic rings. The molecule has 0 bridgehead atoms. The minimum atomic E-state index is -0.268. The number of hydrogen-bond acceptors (Lipinski definition) is 2. The van der Waals surface area contributed by atoms with Gasteiger partial charge in [0.2, 0.25) is 0 Å². The molecule has 0 aliphatic carbocycles. The maximum absolute atomic E-state index is 13.3. The standard InChI is InChI=1S/C16H19FN2/c1-3-12-4-6-13(7-5-12)10-19-16-8-11(2)14(17)9-15(16)18/h4-9,19H,3,10,18H2,1-2H3. The fraction of sp³-hybridized carbons (Fsp3) is 0.250. The fourth-order valence-corrected chi connectivity index (χ4v) is 1.94. The first-order valence-corrected chi connectivity index (χ1v) is 6.47. The SMILES string of the molecule is CCc1ccc(CNc2cc(C)c(F)cc2N)cc1. The van der Waals surface area contributed by atoms with Gasteiger partial charge in [-0.2, -0.15) is 0 Å². The fourth-order valence-electron chi connectivity index (χ4n) is 1.94. The lowest BCUT2D eigenvalue weighted by molar-refractivity contribution is 0.619. The largest absolute Gasteiger partial charge is 0.397 e. The minimum absolute atomic E-state index is 0.268. The number of benzene rings is 2. The molecule has 0 spiro atoms. The molecule has 0 atom stereocenters. The van der Waals surface area contributed by atoms with E-state index < -0.39 is 0 Å². The number of nitrogens with one attached hydrogen (secondary N) is 1. The Balaban J connectivity index is 2.07. The smallest absolute Gasteiger partial charge is 0.128 e. The summed E-state index contributed by atoms with van der Waals surface area (Å²) in [5.41, 5.74) is 10.1. The quantitative estimate of drug-likeness (QED) is 0.816. The van der Waals surface area contributed by atoms with Gasteiger partial charge in [0.05, 0.1) is 11.4 Å². The second-order valence-electron chi connectivity index (χ2n) is 4.71. The molecule has 3 heteroatoms. The van der Waals surface area contributed by atoms with Crippen LogP contribution in [0.5, 0.6) is 0 Å². The van der Waals surface area contributed by atoms with Crippen LogP contribution in [0.25, 0.3) is 0 Å². The van der Waals surface area contributed by atoms with Gasteiger partial charge in [-0.15, -0.1) is 0 Å². The minimum Gasteiger partial charge on any atom is -0.397 e. The van der Waals surface area contributed by atoms with Crippen LogP contribution in [0.2, 0.25) is 0 Å². The molecular weight excluding hydrogens is 239 g/mol. The van der Waals surface area contributed by atoms with Gasteiger partial charge in [0.1, 0.15) is 5.82 Å². The monoisotopic (exact) mass is 258 g/mol. The summed E-state index contributed by atoms with van der Waals surface area (Å²) in [5, 5.41) is 3.24. The van der Waals surface area contributed by atoms with Crippen LogP contribution in [-0.4, -0.2) is 0 Å². The molecule has 0 saturated carbocycles. The summed E-state index contributed by atoms with van der Waals surface area (Å²) in [6.07, 6.45) is 1.04. The second kappa shape index (κ2) is 5.74. The summed E-state index contributed by atoms with van der Waals surface area (Å²) in [6, 6.07) is 11.5. The molecule has 0 unspecified atom stereocenters. The highest BCUT2D eigenvalue weighted by Crippen LogP contribution is 2.23. The van der Waals surface area contributed by atoms with Gasteiger partial charge in [-0.05, 0) is 42.2 Å². The van der Waals surface area contributed by atoms with Gasteiger partial charge in [0, 0.05) is 6.54 Å². The number of nitrogens with two attached hydrogens (primary N) is 1. The average Bonchev–Trinajstić information content (AvgIpc) is 2.42. The summed E-state index contributed by atoms with van der Waals surface area (Å²) < 4.78 is 13.3. The zero-order chi connectivity index (χ0) is 13.8. The van der Waals surface area contributed by atoms with Gasteiger partial charge in [-0.3, -0.25) is 0 Å². The van der Waals surface area contributed by atoms with E-state index in [1.807, 2.05) is 0 Å². The Hall–Kier alpha value is -2.03. The molecule has 2 aromatic rings. The van der Waals surface area contributed by atoms with Crippen molar-refractivity contribution in [2.45, 2.75) is 26.8 Å². The van der Waals surface area contributed by atoms with Crippen molar-refractivity contribution in [3.8, 4) is 0 Å². The van der Waals surface area contributed by atoms with E-state index in [4.69, 9.17) is 5.73 Å². The highest BCUT2D eigenvalue weighted by atomic mass is 19.1. The number of halogens is 1. The van der Waals surface area contributed by atoms with Gasteiger partial charge in [0.25, 0.3) is 0 Å². The van der Waals surface area contributed by atoms with Gasteiger partial charge in [0.15, 0.2) is 0 Å². The molecule has 2 aromatic carbocycles. The lowest BCUT2D eigenvalue weighted by Gasteiger charge is -2.11. The molecule has 0 aliphatic heterocycles. The van der Waals surface area contributed by atoms with E-state index in [0.29, 0.717) is 17.8 Å². The van der Waals surface area contributed by atoms with E-state index in [1.165, 1.54) is 17.2 Å². The van der Waals surface area contributed by atoms with Crippen molar-refractivity contribution in [3.63, 3.8) is 0 Å². The van der Waals surface area contributed by atoms with Crippen LogP contribution in [0.4, 0.5) is 15.8 Å². The molecule has 2 nitrogen and oxygen atoms in total. The highest BCUT2D eigenvalue weighted by Gasteiger charge is 2.04. The van der Waals surface area contributed by atoms with Crippen LogP contribution in [0, 0.1) is 12.7 Å². The second-order valence-corrected chi connectivity index (χ2v) is 4.71. The van der Waals surface area contributed by atoms with Crippen molar-refractivity contribution in [2.75, 3.05) is 11.1 Å². The summed E-state index contributed by atoms with van der Waals surface area (Å²) >= 11 is 0. The number of anilines is 2. The van der Waals surface area contributed by atoms with Crippen LogP contribution in [0.1, 0.15) is 23.6 Å². The Bertz CT molecular complexity index is 562. The number of rotatable bonds is 4. The third-order valence-electron chi connectivity index (χ3n) is 3.24. The topological polar surface area (TPSA) is 38.0 Å². The van der Waals surface area contributed by atoms with E-state index >= 15 is 0 Å². The third kappa shape index (κ3) is 3.25. The first-order chi connectivity index (χ1) is 9.10. The maximum Gasteiger partial charge on any atom is 0.128 e. The van der Waals surface area contributed by atoms with Crippen LogP contribution < -0.4 is 11.1 Å². The molecule has 0 fully saturated rings. The Labute approximate surface area is 113 Å². The molecular formula is C16H19FN2. The van der Waals surface area contributed by atoms with Crippen molar-refractivity contribution >= 4 is 11.4 Å². The Morgan fingerprint density at radius 1 is 1.11 bits per heavy atom. The Morgan fingerprint density at radius 2 is 1.74 bits per heavy atom. The van der Waals surface area contributed by atoms with Crippen molar-refractivity contribution in [1.29, 1.82) is 0 Å². The van der Waals surface area contributed by atoms with Crippen molar-refractivity contribution in [3.05, 3.63) is 58.9 Å². The first-order valence-electron chi connectivity index (χ1n) is 6.47. The lowest BCUT2D eigenvalue weighted by atomic mass is 10.1. The molecule has 100 valence electrons. The molecule has 0 radical (unpaired) electrons. The van der Waals surface area contributed by atoms with Gasteiger partial charge < -0.3 is 11.1 Å². The predicted molar refractivity (Wildman–Crippen MR) is 78.7 cm³/mol. The van der Waals surface area contributed by atoms with Gasteiger partial charge >= 0.3 is 0 Å². The molecule has 0 aromatic heterocycles. The van der Waals surface area contributed by atoms with E-state index in [9.17, 15) is 4.39 Å². The zero-order valence-electron chi connectivity index (χ0n) is 11.3. The van der Waals surface area contributed by atoms with E-state index in [2.05, 4.69) is 36.5 Å². The summed E-state index contributed by atoms with van der Waals surface area (Å²) in [7, 11) is 0. The third-order valence-corrected chi connectivity index (χ3v) is 3.24. The molecule has 19 heavy (non-hydrogen) atoms. The molecule has 0 amide bonds. The van der Waals surface area contributed by atoms with Crippen LogP contribution in [0.3, 0.4) is 0 Å². The number of aryl methyl sites for hydroxylation is 2. The summed E-state index contributed by atoms with van der Waals surface area (Å²) in [5.74, 6) is -0.268. The van der Waals surface area contributed by atoms with E-state index in [0.717, 1.165) is 12.1 Å². The van der Waals surface area contributed by atoms with Crippen LogP contribution >= 0.6 is 0 Å². The van der Waals surface area contributed by atoms with E-state index in [1.54, 1.807) is 13.0 Å². The molecule has 0 heterocycles. The van der Waals surface area contributed by atoms with Crippen LogP contribution in [-0.2, 0) is 13.0 Å². The average molecular weight is 258 g/mol. The van der Waals surface area contributed by atoms with Crippen molar-refractivity contribution in [1.82, 2.24) is 0 Å². The van der Waals surface area contributed by atoms with Crippen LogP contribution in [0.15, 0.2) is 36.4 Å². The van der Waals surface area contributed by atoms with Gasteiger partial charge in [-0.1, -0.05) is 31.2 Å². The Kier molecular flexibility index (Phi) is 4.05. The summed E-state index contributed by atoms with van der Waals surface area (Å²) in [4.78, 5) is 0. The normalized spacial score (nSPS) is 10.5. The van der Waals surface area contributed by atoms with E-state index in [-0.39, 0.29) is 5.82 Å². The highest BCUT2D eigenvalue weighted by molar-refractivity contribution is 5.67. The van der Waals surface area contributed by atoms with Crippen molar-refractivity contribution < 1.29 is 4.39 Å². The van der Waals surface area contributed by atoms with Crippen molar-refractivity contribution in [2.24, 2.45) is 0 Å².